The van der Waals surface area contributed by atoms with Crippen LogP contribution >= 0.6 is 0 Å². The Labute approximate surface area is 162 Å². The van der Waals surface area contributed by atoms with Gasteiger partial charge in [0.05, 0.1) is 17.8 Å². The number of carbonyl (C=O) groups is 2. The molecule has 1 aliphatic heterocycles. The Morgan fingerprint density at radius 1 is 1.29 bits per heavy atom. The van der Waals surface area contributed by atoms with Gasteiger partial charge >= 0.3 is 0 Å². The zero-order valence-corrected chi connectivity index (χ0v) is 15.8. The number of hydrogen-bond donors (Lipinski definition) is 2. The third-order valence-electron chi connectivity index (χ3n) is 5.15. The molecule has 1 amide bonds. The standard InChI is InChI=1S/C21H21N5O2/c1-21(12-19(28)26(2)20(22)25-21)18-10-13(7-8-23-18)9-17(27)16-11-14-5-3-4-6-15(14)24-16/h3-8,10-11,24H,9,12H2,1-2H3,(H2,22,25). The second-order valence-corrected chi connectivity index (χ2v) is 7.29. The summed E-state index contributed by atoms with van der Waals surface area (Å²) in [5, 5.41) is 1.00. The van der Waals surface area contributed by atoms with Crippen molar-refractivity contribution in [2.24, 2.45) is 10.7 Å². The number of ketones is 1. The lowest BCUT2D eigenvalue weighted by Gasteiger charge is -2.32. The average molecular weight is 375 g/mol. The third-order valence-corrected chi connectivity index (χ3v) is 5.15. The first-order valence-corrected chi connectivity index (χ1v) is 9.04. The van der Waals surface area contributed by atoms with Crippen molar-refractivity contribution < 1.29 is 9.59 Å². The molecule has 1 aliphatic rings. The Kier molecular flexibility index (Phi) is 4.22. The first-order chi connectivity index (χ1) is 13.4. The number of aromatic amines is 1. The van der Waals surface area contributed by atoms with Gasteiger partial charge in [0.1, 0.15) is 5.54 Å². The van der Waals surface area contributed by atoms with Crippen LogP contribution in [-0.2, 0) is 16.8 Å². The van der Waals surface area contributed by atoms with E-state index in [0.29, 0.717) is 11.4 Å². The van der Waals surface area contributed by atoms with E-state index in [2.05, 4.69) is 15.0 Å². The lowest BCUT2D eigenvalue weighted by molar-refractivity contribution is -0.128. The number of Topliss-reactive ketones (excluding diaryl/α,β-unsaturated/α-hetero) is 1. The smallest absolute Gasteiger partial charge is 0.231 e. The van der Waals surface area contributed by atoms with E-state index in [0.717, 1.165) is 16.5 Å². The van der Waals surface area contributed by atoms with Gasteiger partial charge in [0.2, 0.25) is 5.91 Å². The average Bonchev–Trinajstić information content (AvgIpc) is 3.11. The Hall–Kier alpha value is -3.48. The van der Waals surface area contributed by atoms with E-state index in [4.69, 9.17) is 5.73 Å². The summed E-state index contributed by atoms with van der Waals surface area (Å²) in [5.41, 5.74) is 7.99. The maximum atomic E-state index is 12.7. The minimum atomic E-state index is -0.839. The Balaban J connectivity index is 1.60. The van der Waals surface area contributed by atoms with Crippen LogP contribution in [0.5, 0.6) is 0 Å². The summed E-state index contributed by atoms with van der Waals surface area (Å²) in [6.07, 6.45) is 2.05. The van der Waals surface area contributed by atoms with E-state index >= 15 is 0 Å². The normalized spacial score (nSPS) is 19.7. The molecule has 0 radical (unpaired) electrons. The molecule has 2 aromatic heterocycles. The van der Waals surface area contributed by atoms with Gasteiger partial charge < -0.3 is 10.7 Å². The number of hydrogen-bond acceptors (Lipinski definition) is 5. The van der Waals surface area contributed by atoms with Crippen LogP contribution in [0, 0.1) is 0 Å². The molecule has 0 aliphatic carbocycles. The first-order valence-electron chi connectivity index (χ1n) is 9.04. The molecule has 142 valence electrons. The van der Waals surface area contributed by atoms with Crippen LogP contribution in [0.1, 0.15) is 35.1 Å². The molecule has 0 fully saturated rings. The lowest BCUT2D eigenvalue weighted by atomic mass is 9.90. The number of amides is 1. The number of carbonyl (C=O) groups excluding carboxylic acids is 2. The molecule has 0 saturated carbocycles. The van der Waals surface area contributed by atoms with Crippen LogP contribution < -0.4 is 5.73 Å². The summed E-state index contributed by atoms with van der Waals surface area (Å²) in [6.45, 7) is 1.83. The number of pyridine rings is 1. The van der Waals surface area contributed by atoms with E-state index in [1.165, 1.54) is 4.90 Å². The molecule has 7 nitrogen and oxygen atoms in total. The molecule has 0 bridgehead atoms. The molecule has 1 atom stereocenters. The van der Waals surface area contributed by atoms with Gasteiger partial charge in [0.15, 0.2) is 11.7 Å². The molecule has 3 N–H and O–H groups in total. The number of nitrogens with one attached hydrogen (secondary N) is 1. The second-order valence-electron chi connectivity index (χ2n) is 7.29. The number of guanidine groups is 1. The number of nitrogens with two attached hydrogens (primary N) is 1. The van der Waals surface area contributed by atoms with Crippen LogP contribution in [0.25, 0.3) is 10.9 Å². The SMILES string of the molecule is CN1C(=O)CC(C)(c2cc(CC(=O)c3cc4ccccc4[nH]3)ccn2)N=C1N. The highest BCUT2D eigenvalue weighted by Crippen LogP contribution is 2.32. The maximum absolute atomic E-state index is 12.7. The molecule has 1 unspecified atom stereocenters. The summed E-state index contributed by atoms with van der Waals surface area (Å²) in [6, 6.07) is 13.3. The molecular weight excluding hydrogens is 354 g/mol. The van der Waals surface area contributed by atoms with Gasteiger partial charge in [-0.2, -0.15) is 0 Å². The third kappa shape index (κ3) is 3.15. The molecule has 0 saturated heterocycles. The first kappa shape index (κ1) is 17.9. The van der Waals surface area contributed by atoms with Crippen molar-refractivity contribution >= 4 is 28.6 Å². The number of H-pyrrole nitrogens is 1. The van der Waals surface area contributed by atoms with Crippen molar-refractivity contribution in [3.05, 3.63) is 65.6 Å². The highest BCUT2D eigenvalue weighted by atomic mass is 16.2. The van der Waals surface area contributed by atoms with Gasteiger partial charge in [-0.05, 0) is 36.8 Å². The number of para-hydroxylation sites is 1. The summed E-state index contributed by atoms with van der Waals surface area (Å²) >= 11 is 0. The fourth-order valence-electron chi connectivity index (χ4n) is 3.44. The molecule has 3 aromatic rings. The van der Waals surface area contributed by atoms with Gasteiger partial charge in [-0.3, -0.25) is 19.5 Å². The van der Waals surface area contributed by atoms with Gasteiger partial charge in [0.25, 0.3) is 0 Å². The van der Waals surface area contributed by atoms with E-state index in [9.17, 15) is 9.59 Å². The molecule has 7 heteroatoms. The minimum absolute atomic E-state index is 0.0130. The maximum Gasteiger partial charge on any atom is 0.231 e. The van der Waals surface area contributed by atoms with Gasteiger partial charge in [-0.25, -0.2) is 4.99 Å². The minimum Gasteiger partial charge on any atom is -0.369 e. The molecular formula is C21H21N5O2. The van der Waals surface area contributed by atoms with Crippen LogP contribution in [0.3, 0.4) is 0 Å². The van der Waals surface area contributed by atoms with Crippen LogP contribution in [0.4, 0.5) is 0 Å². The summed E-state index contributed by atoms with van der Waals surface area (Å²) in [7, 11) is 1.60. The molecule has 28 heavy (non-hydrogen) atoms. The van der Waals surface area contributed by atoms with Crippen molar-refractivity contribution in [3.8, 4) is 0 Å². The quantitative estimate of drug-likeness (QED) is 0.683. The Bertz CT molecular complexity index is 1080. The highest BCUT2D eigenvalue weighted by Gasteiger charge is 2.37. The predicted molar refractivity (Wildman–Crippen MR) is 107 cm³/mol. The molecule has 0 spiro atoms. The second kappa shape index (κ2) is 6.60. The van der Waals surface area contributed by atoms with Gasteiger partial charge in [-0.1, -0.05) is 18.2 Å². The van der Waals surface area contributed by atoms with Crippen LogP contribution in [-0.4, -0.2) is 39.6 Å². The summed E-state index contributed by atoms with van der Waals surface area (Å²) < 4.78 is 0. The van der Waals surface area contributed by atoms with Crippen LogP contribution in [0.15, 0.2) is 53.7 Å². The summed E-state index contributed by atoms with van der Waals surface area (Å²) in [4.78, 5) is 38.3. The predicted octanol–water partition coefficient (Wildman–Crippen LogP) is 2.38. The fraction of sp³-hybridized carbons (Fsp3) is 0.238. The van der Waals surface area contributed by atoms with E-state index < -0.39 is 5.54 Å². The van der Waals surface area contributed by atoms with E-state index in [1.54, 1.807) is 19.3 Å². The topological polar surface area (TPSA) is 104 Å². The number of rotatable bonds is 4. The number of aromatic nitrogens is 2. The van der Waals surface area contributed by atoms with Crippen molar-refractivity contribution in [3.63, 3.8) is 0 Å². The number of nitrogens with zero attached hydrogens (tertiary/aromatic N) is 3. The summed E-state index contributed by atoms with van der Waals surface area (Å²) in [5.74, 6) is 0.0393. The van der Waals surface area contributed by atoms with Gasteiger partial charge in [0, 0.05) is 30.6 Å². The zero-order valence-electron chi connectivity index (χ0n) is 15.8. The fourth-order valence-corrected chi connectivity index (χ4v) is 3.44. The van der Waals surface area contributed by atoms with Crippen molar-refractivity contribution in [2.75, 3.05) is 7.05 Å². The number of aliphatic imine (C=N–C) groups is 1. The van der Waals surface area contributed by atoms with E-state index in [-0.39, 0.29) is 30.5 Å². The van der Waals surface area contributed by atoms with Crippen molar-refractivity contribution in [1.82, 2.24) is 14.9 Å². The number of fused-ring (bicyclic) bond motifs is 1. The number of benzene rings is 1. The molecule has 3 heterocycles. The van der Waals surface area contributed by atoms with Crippen molar-refractivity contribution in [2.45, 2.75) is 25.3 Å². The Morgan fingerprint density at radius 3 is 2.82 bits per heavy atom. The largest absolute Gasteiger partial charge is 0.369 e. The van der Waals surface area contributed by atoms with E-state index in [1.807, 2.05) is 43.3 Å². The van der Waals surface area contributed by atoms with Crippen molar-refractivity contribution in [1.29, 1.82) is 0 Å². The Morgan fingerprint density at radius 2 is 2.07 bits per heavy atom. The van der Waals surface area contributed by atoms with Gasteiger partial charge in [-0.15, -0.1) is 0 Å². The molecule has 1 aromatic carbocycles. The lowest BCUT2D eigenvalue weighted by Crippen LogP contribution is -2.47. The highest BCUT2D eigenvalue weighted by molar-refractivity contribution is 6.00. The molecule has 4 rings (SSSR count). The van der Waals surface area contributed by atoms with Crippen LogP contribution in [0.2, 0.25) is 0 Å². The monoisotopic (exact) mass is 375 g/mol. The zero-order chi connectivity index (χ0) is 19.9.